The number of esters is 4. The predicted octanol–water partition coefficient (Wildman–Crippen LogP) is 24.5. The van der Waals surface area contributed by atoms with Crippen molar-refractivity contribution in [1.82, 2.24) is 0 Å². The summed E-state index contributed by atoms with van der Waals surface area (Å²) in [7, 11) is -9.92. The first-order valence-electron chi connectivity index (χ1n) is 42.4. The molecule has 3 N–H and O–H groups in total. The molecule has 0 rings (SSSR count). The molecule has 0 radical (unpaired) electrons. The van der Waals surface area contributed by atoms with Crippen molar-refractivity contribution >= 4 is 39.5 Å². The third-order valence-electron chi connectivity index (χ3n) is 19.9. The van der Waals surface area contributed by atoms with Crippen LogP contribution in [0.2, 0.25) is 0 Å². The van der Waals surface area contributed by atoms with Gasteiger partial charge < -0.3 is 33.8 Å². The van der Waals surface area contributed by atoms with Gasteiger partial charge in [0.25, 0.3) is 0 Å². The van der Waals surface area contributed by atoms with Crippen LogP contribution in [0.3, 0.4) is 0 Å². The van der Waals surface area contributed by atoms with Crippen molar-refractivity contribution in [3.05, 3.63) is 0 Å². The molecule has 0 amide bonds. The number of aliphatic hydroxyl groups excluding tert-OH is 1. The number of aliphatic hydroxyl groups is 1. The predicted molar refractivity (Wildman–Crippen MR) is 414 cm³/mol. The van der Waals surface area contributed by atoms with E-state index in [1.165, 1.54) is 231 Å². The van der Waals surface area contributed by atoms with Gasteiger partial charge in [0.1, 0.15) is 19.3 Å². The van der Waals surface area contributed by atoms with Crippen LogP contribution < -0.4 is 0 Å². The molecule has 0 aliphatic carbocycles. The number of carbonyl (C=O) groups is 4. The van der Waals surface area contributed by atoms with E-state index >= 15 is 0 Å². The number of carbonyl (C=O) groups excluding carboxylic acids is 4. The highest BCUT2D eigenvalue weighted by molar-refractivity contribution is 7.47. The highest BCUT2D eigenvalue weighted by atomic mass is 31.2. The van der Waals surface area contributed by atoms with E-state index in [1.807, 2.05) is 0 Å². The number of rotatable bonds is 80. The lowest BCUT2D eigenvalue weighted by Crippen LogP contribution is -2.30. The Bertz CT molecular complexity index is 1960. The molecule has 0 aliphatic rings. The lowest BCUT2D eigenvalue weighted by atomic mass is 9.99. The third-order valence-corrected chi connectivity index (χ3v) is 21.8. The van der Waals surface area contributed by atoms with Gasteiger partial charge in [0.15, 0.2) is 12.2 Å². The number of phosphoric ester groups is 2. The van der Waals surface area contributed by atoms with E-state index in [-0.39, 0.29) is 25.7 Å². The summed E-state index contributed by atoms with van der Waals surface area (Å²) in [6, 6.07) is 0. The Balaban J connectivity index is 5.22. The normalized spacial score (nSPS) is 14.5. The third kappa shape index (κ3) is 73.4. The van der Waals surface area contributed by atoms with Crippen molar-refractivity contribution < 1.29 is 80.2 Å². The summed E-state index contributed by atoms with van der Waals surface area (Å²) >= 11 is 0. The fourth-order valence-electron chi connectivity index (χ4n) is 12.6. The second-order valence-corrected chi connectivity index (χ2v) is 33.4. The van der Waals surface area contributed by atoms with Crippen LogP contribution in [-0.2, 0) is 65.4 Å². The van der Waals surface area contributed by atoms with Crippen molar-refractivity contribution in [1.29, 1.82) is 0 Å². The first-order valence-corrected chi connectivity index (χ1v) is 45.4. The molecule has 0 saturated heterocycles. The summed E-state index contributed by atoms with van der Waals surface area (Å²) < 4.78 is 68.7. The van der Waals surface area contributed by atoms with Gasteiger partial charge in [-0.3, -0.25) is 37.3 Å². The molecule has 0 heterocycles. The number of hydrogen-bond acceptors (Lipinski definition) is 15. The molecule has 0 bridgehead atoms. The largest absolute Gasteiger partial charge is 0.472 e. The zero-order valence-corrected chi connectivity index (χ0v) is 68.2. The van der Waals surface area contributed by atoms with Crippen LogP contribution in [0.4, 0.5) is 0 Å². The Morgan fingerprint density at radius 1 is 0.287 bits per heavy atom. The van der Waals surface area contributed by atoms with Crippen LogP contribution >= 0.6 is 15.6 Å². The molecular formula is C82H160O17P2. The highest BCUT2D eigenvalue weighted by Gasteiger charge is 2.30. The molecule has 0 spiro atoms. The molecule has 0 aromatic carbocycles. The lowest BCUT2D eigenvalue weighted by molar-refractivity contribution is -0.161. The molecule has 0 aromatic rings. The summed E-state index contributed by atoms with van der Waals surface area (Å²) in [5, 5.41) is 10.6. The van der Waals surface area contributed by atoms with Crippen LogP contribution in [0.25, 0.3) is 0 Å². The number of hydrogen-bond donors (Lipinski definition) is 3. The topological polar surface area (TPSA) is 237 Å². The van der Waals surface area contributed by atoms with Gasteiger partial charge in [-0.1, -0.05) is 376 Å². The van der Waals surface area contributed by atoms with Crippen LogP contribution in [0.5, 0.6) is 0 Å². The van der Waals surface area contributed by atoms with E-state index in [9.17, 15) is 43.2 Å². The summed E-state index contributed by atoms with van der Waals surface area (Å²) in [6.07, 6.45) is 61.2. The minimum Gasteiger partial charge on any atom is -0.462 e. The molecule has 4 unspecified atom stereocenters. The van der Waals surface area contributed by atoms with Crippen LogP contribution in [-0.4, -0.2) is 96.7 Å². The fraction of sp³-hybridized carbons (Fsp3) is 0.951. The van der Waals surface area contributed by atoms with E-state index in [1.54, 1.807) is 0 Å². The Hall–Kier alpha value is -1.94. The molecule has 0 aromatic heterocycles. The quantitative estimate of drug-likeness (QED) is 0.0222. The van der Waals surface area contributed by atoms with Crippen molar-refractivity contribution in [2.45, 2.75) is 446 Å². The smallest absolute Gasteiger partial charge is 0.462 e. The van der Waals surface area contributed by atoms with Gasteiger partial charge in [0.2, 0.25) is 0 Å². The van der Waals surface area contributed by atoms with Crippen molar-refractivity contribution in [2.75, 3.05) is 39.6 Å². The van der Waals surface area contributed by atoms with Gasteiger partial charge in [0.05, 0.1) is 26.4 Å². The Morgan fingerprint density at radius 2 is 0.505 bits per heavy atom. The van der Waals surface area contributed by atoms with E-state index in [4.69, 9.17) is 37.0 Å². The molecule has 19 heteroatoms. The molecule has 7 atom stereocenters. The monoisotopic (exact) mass is 1480 g/mol. The summed E-state index contributed by atoms with van der Waals surface area (Å²) in [5.74, 6) is 0.207. The summed E-state index contributed by atoms with van der Waals surface area (Å²) in [5.41, 5.74) is 0. The Morgan fingerprint density at radius 3 is 0.752 bits per heavy atom. The Kier molecular flexibility index (Phi) is 70.9. The number of phosphoric acid groups is 2. The SMILES string of the molecule is CCCCCCCCCCCCCCCCCCCCC(=O)OC[C@H](COP(=O)(O)OC[C@@H](O)COP(=O)(O)OC[C@@H](COC(=O)CCCCCCCCC(C)CC)OC(=O)CCCCCCCCCCC(C)CC)OC(=O)CCCCCCCCCCCCCCCCCCCCC(C)C. The van der Waals surface area contributed by atoms with Gasteiger partial charge in [-0.25, -0.2) is 9.13 Å². The van der Waals surface area contributed by atoms with E-state index < -0.39 is 97.5 Å². The van der Waals surface area contributed by atoms with Crippen molar-refractivity contribution in [3.8, 4) is 0 Å². The van der Waals surface area contributed by atoms with Gasteiger partial charge in [0, 0.05) is 25.7 Å². The minimum absolute atomic E-state index is 0.104. The average molecular weight is 1480 g/mol. The second kappa shape index (κ2) is 72.3. The van der Waals surface area contributed by atoms with Gasteiger partial charge in [-0.2, -0.15) is 0 Å². The van der Waals surface area contributed by atoms with Crippen LogP contribution in [0, 0.1) is 17.8 Å². The molecule has 0 fully saturated rings. The van der Waals surface area contributed by atoms with Crippen molar-refractivity contribution in [3.63, 3.8) is 0 Å². The molecule has 17 nitrogen and oxygen atoms in total. The van der Waals surface area contributed by atoms with Crippen LogP contribution in [0.1, 0.15) is 427 Å². The summed E-state index contributed by atoms with van der Waals surface area (Å²) in [4.78, 5) is 73.0. The molecule has 0 saturated carbocycles. The number of ether oxygens (including phenoxy) is 4. The van der Waals surface area contributed by atoms with E-state index in [0.717, 1.165) is 114 Å². The van der Waals surface area contributed by atoms with Gasteiger partial charge in [-0.05, 0) is 43.4 Å². The zero-order valence-electron chi connectivity index (χ0n) is 66.4. The first kappa shape index (κ1) is 99.1. The van der Waals surface area contributed by atoms with Crippen LogP contribution in [0.15, 0.2) is 0 Å². The maximum Gasteiger partial charge on any atom is 0.472 e. The van der Waals surface area contributed by atoms with E-state index in [2.05, 4.69) is 48.5 Å². The van der Waals surface area contributed by atoms with Gasteiger partial charge >= 0.3 is 39.5 Å². The fourth-order valence-corrected chi connectivity index (χ4v) is 14.2. The maximum atomic E-state index is 13.1. The average Bonchev–Trinajstić information content (AvgIpc) is 0.975. The van der Waals surface area contributed by atoms with Crippen molar-refractivity contribution in [2.24, 2.45) is 17.8 Å². The highest BCUT2D eigenvalue weighted by Crippen LogP contribution is 2.45. The molecule has 600 valence electrons. The molecular weight excluding hydrogens is 1320 g/mol. The standard InChI is InChI=1S/C82H160O17P2/c1-8-11-12-13-14-15-16-17-18-19-23-26-29-32-35-41-49-56-63-79(84)92-69-77(98-81(86)65-58-51-42-36-33-30-27-24-21-20-22-25-28-31-34-39-46-53-60-73(4)5)71-96-100(88,89)94-67-76(83)68-95-101(90,91)97-72-78(70-93-80(85)64-57-50-45-44-48-55-62-75(7)10-3)99-82(87)66-59-52-43-38-37-40-47-54-61-74(6)9-2/h73-78,83H,8-72H2,1-7H3,(H,88,89)(H,90,91)/t74?,75?,76-,77-,78-/m1/s1. The minimum atomic E-state index is -4.96. The first-order chi connectivity index (χ1) is 48.8. The molecule has 0 aliphatic heterocycles. The Labute approximate surface area is 619 Å². The molecule has 101 heavy (non-hydrogen) atoms. The van der Waals surface area contributed by atoms with Gasteiger partial charge in [-0.15, -0.1) is 0 Å². The second-order valence-electron chi connectivity index (χ2n) is 30.5. The maximum absolute atomic E-state index is 13.1. The number of unbranched alkanes of at least 4 members (excludes halogenated alkanes) is 46. The summed E-state index contributed by atoms with van der Waals surface area (Å²) in [6.45, 7) is 11.9. The lowest BCUT2D eigenvalue weighted by Gasteiger charge is -2.21. The zero-order chi connectivity index (χ0) is 74.4. The van der Waals surface area contributed by atoms with E-state index in [0.29, 0.717) is 25.7 Å².